The largest absolute Gasteiger partial charge is 0.337 e. The number of aromatic nitrogens is 7. The van der Waals surface area contributed by atoms with E-state index in [0.717, 1.165) is 21.2 Å². The lowest BCUT2D eigenvalue weighted by Gasteiger charge is -2.29. The molecule has 0 bridgehead atoms. The van der Waals surface area contributed by atoms with Crippen molar-refractivity contribution in [3.8, 4) is 17.2 Å². The highest BCUT2D eigenvalue weighted by Gasteiger charge is 2.31. The number of H-pyrrole nitrogens is 1. The van der Waals surface area contributed by atoms with Gasteiger partial charge in [-0.2, -0.15) is 9.40 Å². The number of aryl methyl sites for hydroxylation is 1. The normalized spacial score (nSPS) is 13.9. The number of carbonyl (C=O) groups excluding carboxylic acids is 1. The summed E-state index contributed by atoms with van der Waals surface area (Å²) in [5.74, 6) is 0.284. The van der Waals surface area contributed by atoms with Crippen LogP contribution in [0.4, 0.5) is 0 Å². The van der Waals surface area contributed by atoms with Crippen molar-refractivity contribution in [1.29, 1.82) is 0 Å². The topological polar surface area (TPSA) is 135 Å². The van der Waals surface area contributed by atoms with E-state index in [4.69, 9.17) is 0 Å². The van der Waals surface area contributed by atoms with Crippen molar-refractivity contribution in [2.45, 2.75) is 18.0 Å². The third-order valence-corrected chi connectivity index (χ3v) is 7.64. The second-order valence-corrected chi connectivity index (χ2v) is 10.0. The smallest absolute Gasteiger partial charge is 0.260 e. The summed E-state index contributed by atoms with van der Waals surface area (Å²) in [4.78, 5) is 21.0. The molecule has 1 aliphatic heterocycles. The van der Waals surface area contributed by atoms with Crippen LogP contribution < -0.4 is 0 Å². The first-order chi connectivity index (χ1) is 16.4. The molecular formula is C21H23N9O3S. The fourth-order valence-corrected chi connectivity index (χ4v) is 5.10. The highest BCUT2D eigenvalue weighted by molar-refractivity contribution is 7.89. The van der Waals surface area contributed by atoms with E-state index in [1.807, 2.05) is 46.6 Å². The van der Waals surface area contributed by atoms with Crippen molar-refractivity contribution in [2.75, 3.05) is 20.1 Å². The van der Waals surface area contributed by atoms with Crippen LogP contribution in [0.15, 0.2) is 54.2 Å². The van der Waals surface area contributed by atoms with Crippen molar-refractivity contribution < 1.29 is 13.2 Å². The first kappa shape index (κ1) is 22.0. The third kappa shape index (κ3) is 3.78. The number of nitrogens with zero attached hydrogens (tertiary/aromatic N) is 8. The molecule has 34 heavy (non-hydrogen) atoms. The number of likely N-dealkylation sites (N-methyl/N-ethyl adjacent to an activating group) is 1. The molecule has 0 unspecified atom stereocenters. The summed E-state index contributed by atoms with van der Waals surface area (Å²) in [5.41, 5.74) is 3.44. The van der Waals surface area contributed by atoms with Crippen LogP contribution in [0.3, 0.4) is 0 Å². The van der Waals surface area contributed by atoms with E-state index >= 15 is 0 Å². The quantitative estimate of drug-likeness (QED) is 0.426. The first-order valence-corrected chi connectivity index (χ1v) is 12.0. The van der Waals surface area contributed by atoms with Crippen LogP contribution in [0.1, 0.15) is 11.3 Å². The van der Waals surface area contributed by atoms with Gasteiger partial charge in [0.05, 0.1) is 19.1 Å². The lowest BCUT2D eigenvalue weighted by molar-refractivity contribution is -0.132. The molecule has 0 saturated carbocycles. The highest BCUT2D eigenvalue weighted by Crippen LogP contribution is 2.30. The Morgan fingerprint density at radius 3 is 2.76 bits per heavy atom. The van der Waals surface area contributed by atoms with Crippen LogP contribution in [-0.4, -0.2) is 78.2 Å². The van der Waals surface area contributed by atoms with Gasteiger partial charge in [-0.25, -0.2) is 13.4 Å². The summed E-state index contributed by atoms with van der Waals surface area (Å²) < 4.78 is 30.0. The zero-order chi connectivity index (χ0) is 23.9. The molecule has 0 atom stereocenters. The number of aromatic amines is 1. The third-order valence-electron chi connectivity index (χ3n) is 5.91. The summed E-state index contributed by atoms with van der Waals surface area (Å²) in [7, 11) is -0.591. The van der Waals surface area contributed by atoms with E-state index in [-0.39, 0.29) is 17.5 Å². The number of rotatable bonds is 6. The van der Waals surface area contributed by atoms with Gasteiger partial charge in [0.1, 0.15) is 12.0 Å². The molecule has 1 amide bonds. The molecule has 12 nitrogen and oxygen atoms in total. The van der Waals surface area contributed by atoms with E-state index in [2.05, 4.69) is 25.3 Å². The second kappa shape index (κ2) is 8.50. The number of fused-ring (bicyclic) bond motifs is 1. The monoisotopic (exact) mass is 481 g/mol. The number of para-hydroxylation sites is 1. The molecule has 176 valence electrons. The Balaban J connectivity index is 1.40. The predicted molar refractivity (Wildman–Crippen MR) is 121 cm³/mol. The Hall–Kier alpha value is -3.84. The highest BCUT2D eigenvalue weighted by atomic mass is 32.2. The fraction of sp³-hybridized carbons (Fsp3) is 0.286. The number of imidazole rings is 1. The predicted octanol–water partition coefficient (Wildman–Crippen LogP) is 0.596. The Bertz CT molecular complexity index is 1430. The molecule has 4 aromatic rings. The van der Waals surface area contributed by atoms with Crippen LogP contribution in [0.2, 0.25) is 0 Å². The van der Waals surface area contributed by atoms with Crippen molar-refractivity contribution >= 4 is 15.9 Å². The maximum atomic E-state index is 13.1. The molecular weight excluding hydrogens is 458 g/mol. The number of amides is 1. The molecule has 0 spiro atoms. The fourth-order valence-electron chi connectivity index (χ4n) is 4.09. The maximum absolute atomic E-state index is 13.1. The SMILES string of the molecule is CN(CC(=O)N1CCc2c(c(-c3nncn3-c3ccccc3)nn2C)C1)S(=O)(=O)c1cnc[nH]1. The molecule has 1 aliphatic rings. The zero-order valence-corrected chi connectivity index (χ0v) is 19.5. The van der Waals surface area contributed by atoms with Gasteiger partial charge in [-0.05, 0) is 12.1 Å². The molecule has 13 heteroatoms. The Morgan fingerprint density at radius 1 is 1.24 bits per heavy atom. The lowest BCUT2D eigenvalue weighted by Crippen LogP contribution is -2.43. The Kier molecular flexibility index (Phi) is 5.49. The van der Waals surface area contributed by atoms with Crippen LogP contribution in [0.5, 0.6) is 0 Å². The summed E-state index contributed by atoms with van der Waals surface area (Å²) in [6, 6.07) is 9.70. The maximum Gasteiger partial charge on any atom is 0.260 e. The van der Waals surface area contributed by atoms with Crippen LogP contribution in [0.25, 0.3) is 17.2 Å². The van der Waals surface area contributed by atoms with E-state index in [0.29, 0.717) is 31.0 Å². The molecule has 0 radical (unpaired) electrons. The number of sulfonamides is 1. The zero-order valence-electron chi connectivity index (χ0n) is 18.7. The average Bonchev–Trinajstić information content (AvgIpc) is 3.60. The lowest BCUT2D eigenvalue weighted by atomic mass is 10.0. The molecule has 0 fully saturated rings. The standard InChI is InChI=1S/C21H23N9O3S/c1-27(34(32,33)18-10-22-13-23-18)12-19(31)29-9-8-17-16(11-29)20(26-28(17)2)21-25-24-14-30(21)15-6-4-3-5-7-15/h3-7,10,13-14H,8-9,11-12H2,1-2H3,(H,22,23). The molecule has 1 N–H and O–H groups in total. The van der Waals surface area contributed by atoms with Crippen molar-refractivity contribution in [2.24, 2.45) is 7.05 Å². The Labute approximate surface area is 195 Å². The van der Waals surface area contributed by atoms with Crippen molar-refractivity contribution in [1.82, 2.24) is 43.7 Å². The van der Waals surface area contributed by atoms with Gasteiger partial charge in [-0.1, -0.05) is 18.2 Å². The minimum atomic E-state index is -3.84. The molecule has 4 heterocycles. The van der Waals surface area contributed by atoms with Gasteiger partial charge in [0, 0.05) is 50.6 Å². The minimum absolute atomic E-state index is 0.0569. The summed E-state index contributed by atoms with van der Waals surface area (Å²) in [5, 5.41) is 13.0. The molecule has 1 aromatic carbocycles. The number of hydrogen-bond donors (Lipinski definition) is 1. The number of nitrogens with one attached hydrogen (secondary N) is 1. The summed E-state index contributed by atoms with van der Waals surface area (Å²) >= 11 is 0. The van der Waals surface area contributed by atoms with Crippen molar-refractivity contribution in [3.05, 3.63) is 60.4 Å². The van der Waals surface area contributed by atoms with Gasteiger partial charge in [-0.3, -0.25) is 14.0 Å². The first-order valence-electron chi connectivity index (χ1n) is 10.6. The van der Waals surface area contributed by atoms with Gasteiger partial charge in [0.15, 0.2) is 10.9 Å². The van der Waals surface area contributed by atoms with Crippen LogP contribution >= 0.6 is 0 Å². The molecule has 5 rings (SSSR count). The van der Waals surface area contributed by atoms with Gasteiger partial charge in [0.2, 0.25) is 5.91 Å². The molecule has 0 aliphatic carbocycles. The van der Waals surface area contributed by atoms with E-state index < -0.39 is 10.0 Å². The van der Waals surface area contributed by atoms with Crippen LogP contribution in [0, 0.1) is 0 Å². The van der Waals surface area contributed by atoms with E-state index in [1.54, 1.807) is 11.2 Å². The van der Waals surface area contributed by atoms with E-state index in [9.17, 15) is 13.2 Å². The molecule has 3 aromatic heterocycles. The molecule has 0 saturated heterocycles. The van der Waals surface area contributed by atoms with Gasteiger partial charge < -0.3 is 9.88 Å². The number of benzene rings is 1. The number of carbonyl (C=O) groups is 1. The van der Waals surface area contributed by atoms with Gasteiger partial charge in [0.25, 0.3) is 10.0 Å². The average molecular weight is 482 g/mol. The second-order valence-electron chi connectivity index (χ2n) is 8.00. The minimum Gasteiger partial charge on any atom is -0.337 e. The summed E-state index contributed by atoms with van der Waals surface area (Å²) in [6.45, 7) is 0.484. The number of hydrogen-bond acceptors (Lipinski definition) is 7. The van der Waals surface area contributed by atoms with Crippen LogP contribution in [-0.2, 0) is 34.8 Å². The van der Waals surface area contributed by atoms with Gasteiger partial charge in [-0.15, -0.1) is 10.2 Å². The van der Waals surface area contributed by atoms with E-state index in [1.165, 1.54) is 19.6 Å². The summed E-state index contributed by atoms with van der Waals surface area (Å²) in [6.07, 6.45) is 4.73. The van der Waals surface area contributed by atoms with Crippen molar-refractivity contribution in [3.63, 3.8) is 0 Å². The Morgan fingerprint density at radius 2 is 2.03 bits per heavy atom. The van der Waals surface area contributed by atoms with Gasteiger partial charge >= 0.3 is 0 Å².